The summed E-state index contributed by atoms with van der Waals surface area (Å²) in [4.78, 5) is 23.6. The Morgan fingerprint density at radius 1 is 1.17 bits per heavy atom. The average molecular weight is 411 g/mol. The second-order valence-electron chi connectivity index (χ2n) is 6.94. The predicted octanol–water partition coefficient (Wildman–Crippen LogP) is 1.41. The molecule has 3 heterocycles. The maximum atomic E-state index is 10.5. The van der Waals surface area contributed by atoms with Crippen molar-refractivity contribution in [2.45, 2.75) is 19.1 Å². The van der Waals surface area contributed by atoms with Crippen LogP contribution in [-0.4, -0.2) is 67.4 Å². The number of likely N-dealkylation sites (tertiary alicyclic amines) is 1. The van der Waals surface area contributed by atoms with E-state index in [1.165, 1.54) is 0 Å². The van der Waals surface area contributed by atoms with Crippen molar-refractivity contribution in [2.24, 2.45) is 5.92 Å². The minimum atomic E-state index is -0.364. The summed E-state index contributed by atoms with van der Waals surface area (Å²) in [5, 5.41) is 17.4. The van der Waals surface area contributed by atoms with E-state index in [0.717, 1.165) is 35.9 Å². The van der Waals surface area contributed by atoms with E-state index in [2.05, 4.69) is 24.4 Å². The Morgan fingerprint density at radius 3 is 2.60 bits per heavy atom. The molecule has 2 atom stereocenters. The summed E-state index contributed by atoms with van der Waals surface area (Å²) in [7, 11) is 1.66. The van der Waals surface area contributed by atoms with Crippen LogP contribution < -0.4 is 4.74 Å². The monoisotopic (exact) mass is 411 g/mol. The first-order chi connectivity index (χ1) is 14.6. The molecule has 9 heteroatoms. The minimum Gasteiger partial charge on any atom is -0.497 e. The van der Waals surface area contributed by atoms with Crippen LogP contribution in [0.3, 0.4) is 0 Å². The summed E-state index contributed by atoms with van der Waals surface area (Å²) in [6.07, 6.45) is 9.27. The average Bonchev–Trinajstić information content (AvgIpc) is 3.36. The lowest BCUT2D eigenvalue weighted by Gasteiger charge is -2.16. The Labute approximate surface area is 174 Å². The van der Waals surface area contributed by atoms with Crippen molar-refractivity contribution < 1.29 is 19.7 Å². The third kappa shape index (κ3) is 5.40. The van der Waals surface area contributed by atoms with Gasteiger partial charge in [-0.05, 0) is 30.7 Å². The molecule has 1 aliphatic rings. The second kappa shape index (κ2) is 10.5. The van der Waals surface area contributed by atoms with Gasteiger partial charge in [-0.15, -0.1) is 0 Å². The number of methoxy groups -OCH3 is 1. The van der Waals surface area contributed by atoms with E-state index in [1.807, 2.05) is 36.7 Å². The molecule has 0 saturated carbocycles. The number of β-amino-alcohol motifs (C(OH)–C–C–N with tert-alkyl or cyclic N) is 1. The van der Waals surface area contributed by atoms with Gasteiger partial charge in [-0.1, -0.05) is 0 Å². The number of ether oxygens (including phenoxy) is 1. The van der Waals surface area contributed by atoms with E-state index in [4.69, 9.17) is 14.6 Å². The zero-order chi connectivity index (χ0) is 21.3. The van der Waals surface area contributed by atoms with Gasteiger partial charge in [0.25, 0.3) is 6.47 Å². The number of rotatable bonds is 6. The summed E-state index contributed by atoms with van der Waals surface area (Å²) in [5.74, 6) is 1.94. The molecule has 1 fully saturated rings. The van der Waals surface area contributed by atoms with E-state index < -0.39 is 0 Å². The van der Waals surface area contributed by atoms with E-state index in [1.54, 1.807) is 25.7 Å². The Kier molecular flexibility index (Phi) is 7.47. The molecule has 0 spiro atoms. The highest BCUT2D eigenvalue weighted by Gasteiger charge is 2.32. The van der Waals surface area contributed by atoms with Crippen molar-refractivity contribution in [3.05, 3.63) is 66.8 Å². The number of hydrogen-bond acceptors (Lipinski definition) is 7. The van der Waals surface area contributed by atoms with Gasteiger partial charge in [0.2, 0.25) is 0 Å². The molecule has 0 amide bonds. The van der Waals surface area contributed by atoms with Gasteiger partial charge in [0.05, 0.1) is 25.5 Å². The number of aliphatic hydroxyl groups is 1. The van der Waals surface area contributed by atoms with Crippen molar-refractivity contribution in [1.29, 1.82) is 0 Å². The van der Waals surface area contributed by atoms with Crippen molar-refractivity contribution in [2.75, 3.05) is 20.2 Å². The van der Waals surface area contributed by atoms with Crippen LogP contribution in [0, 0.1) is 5.92 Å². The molecule has 1 aromatic carbocycles. The van der Waals surface area contributed by atoms with Crippen LogP contribution in [0.2, 0.25) is 0 Å². The first-order valence-corrected chi connectivity index (χ1v) is 9.54. The quantitative estimate of drug-likeness (QED) is 0.585. The third-order valence-corrected chi connectivity index (χ3v) is 5.00. The summed E-state index contributed by atoms with van der Waals surface area (Å²) in [6, 6.07) is 7.91. The molecule has 0 radical (unpaired) electrons. The maximum absolute atomic E-state index is 10.5. The highest BCUT2D eigenvalue weighted by atomic mass is 16.5. The van der Waals surface area contributed by atoms with Crippen molar-refractivity contribution in [3.63, 3.8) is 0 Å². The molecule has 158 valence electrons. The topological polar surface area (TPSA) is 114 Å². The van der Waals surface area contributed by atoms with Gasteiger partial charge in [0, 0.05) is 55.7 Å². The molecule has 30 heavy (non-hydrogen) atoms. The van der Waals surface area contributed by atoms with Gasteiger partial charge in [0.15, 0.2) is 0 Å². The lowest BCUT2D eigenvalue weighted by Crippen LogP contribution is -2.23. The Morgan fingerprint density at radius 2 is 1.93 bits per heavy atom. The number of aromatic nitrogens is 4. The molecular weight excluding hydrogens is 386 g/mol. The van der Waals surface area contributed by atoms with Crippen molar-refractivity contribution >= 4 is 6.47 Å². The maximum Gasteiger partial charge on any atom is 0.290 e. The fourth-order valence-corrected chi connectivity index (χ4v) is 3.60. The fourth-order valence-electron chi connectivity index (χ4n) is 3.60. The molecule has 1 aliphatic heterocycles. The van der Waals surface area contributed by atoms with Crippen LogP contribution >= 0.6 is 0 Å². The van der Waals surface area contributed by atoms with Crippen LogP contribution in [0.1, 0.15) is 11.5 Å². The molecule has 3 aromatic rings. The number of hydrogen-bond donors (Lipinski definition) is 2. The Bertz CT molecular complexity index is 917. The number of carbonyl (C=O) groups is 1. The van der Waals surface area contributed by atoms with E-state index in [0.29, 0.717) is 13.1 Å². The molecule has 2 aromatic heterocycles. The summed E-state index contributed by atoms with van der Waals surface area (Å²) < 4.78 is 7.30. The molecule has 1 saturated heterocycles. The number of carboxylic acid groups (broad SMARTS) is 1. The Balaban J connectivity index is 0.000000806. The van der Waals surface area contributed by atoms with Gasteiger partial charge >= 0.3 is 0 Å². The zero-order valence-corrected chi connectivity index (χ0v) is 16.7. The van der Waals surface area contributed by atoms with Crippen LogP contribution in [-0.2, 0) is 17.8 Å². The largest absolute Gasteiger partial charge is 0.497 e. The summed E-state index contributed by atoms with van der Waals surface area (Å²) in [6.45, 7) is 1.89. The van der Waals surface area contributed by atoms with Gasteiger partial charge in [-0.2, -0.15) is 0 Å². The van der Waals surface area contributed by atoms with E-state index in [9.17, 15) is 5.11 Å². The molecule has 0 aliphatic carbocycles. The molecule has 0 unspecified atom stereocenters. The van der Waals surface area contributed by atoms with Crippen LogP contribution in [0.15, 0.2) is 55.2 Å². The van der Waals surface area contributed by atoms with Crippen molar-refractivity contribution in [3.8, 4) is 11.4 Å². The van der Waals surface area contributed by atoms with Gasteiger partial charge < -0.3 is 19.5 Å². The Hall–Kier alpha value is -3.30. The minimum absolute atomic E-state index is 0.158. The first kappa shape index (κ1) is 21.4. The van der Waals surface area contributed by atoms with Gasteiger partial charge in [-0.3, -0.25) is 19.7 Å². The highest BCUT2D eigenvalue weighted by molar-refractivity contribution is 5.38. The first-order valence-electron chi connectivity index (χ1n) is 9.54. The molecule has 9 nitrogen and oxygen atoms in total. The highest BCUT2D eigenvalue weighted by Crippen LogP contribution is 2.23. The molecule has 2 N–H and O–H groups in total. The number of nitrogens with zero attached hydrogens (tertiary/aromatic N) is 5. The fraction of sp³-hybridized carbons (Fsp3) is 0.333. The normalized spacial score (nSPS) is 18.5. The smallest absolute Gasteiger partial charge is 0.290 e. The van der Waals surface area contributed by atoms with Crippen LogP contribution in [0.5, 0.6) is 5.75 Å². The van der Waals surface area contributed by atoms with Crippen LogP contribution in [0.25, 0.3) is 5.69 Å². The summed E-state index contributed by atoms with van der Waals surface area (Å²) in [5.41, 5.74) is 1.96. The summed E-state index contributed by atoms with van der Waals surface area (Å²) >= 11 is 0. The SMILES string of the molecule is COc1ccc(-n2ccnc2CN2C[C@@H](Cc3cnccn3)[C@H](O)C2)cc1.O=CO. The van der Waals surface area contributed by atoms with E-state index in [-0.39, 0.29) is 18.5 Å². The van der Waals surface area contributed by atoms with Gasteiger partial charge in [0.1, 0.15) is 11.6 Å². The lowest BCUT2D eigenvalue weighted by molar-refractivity contribution is -0.122. The standard InChI is InChI=1S/C20H23N5O2.CH2O2/c1-27-18-4-2-17(3-5-18)25-9-8-23-20(25)14-24-12-15(19(26)13-24)10-16-11-21-6-7-22-16;2-1-3/h2-9,11,15,19,26H,10,12-14H2,1H3;1H,(H,2,3)/t15-,19-;/m1./s1. The molecule has 0 bridgehead atoms. The zero-order valence-electron chi connectivity index (χ0n) is 16.7. The molecule has 4 rings (SSSR count). The predicted molar refractivity (Wildman–Crippen MR) is 109 cm³/mol. The lowest BCUT2D eigenvalue weighted by atomic mass is 10.0. The number of benzene rings is 1. The number of aliphatic hydroxyl groups excluding tert-OH is 1. The second-order valence-corrected chi connectivity index (χ2v) is 6.94. The van der Waals surface area contributed by atoms with Gasteiger partial charge in [-0.25, -0.2) is 4.98 Å². The van der Waals surface area contributed by atoms with Crippen molar-refractivity contribution in [1.82, 2.24) is 24.4 Å². The third-order valence-electron chi connectivity index (χ3n) is 5.00. The number of imidazole rings is 1. The van der Waals surface area contributed by atoms with Crippen LogP contribution in [0.4, 0.5) is 0 Å². The molecular formula is C21H25N5O4. The van der Waals surface area contributed by atoms with E-state index >= 15 is 0 Å².